The minimum Gasteiger partial charge on any atom is -0.493 e. The smallest absolute Gasteiger partial charge is 0.203 e. The molecule has 0 amide bonds. The molecule has 1 N–H and O–H groups in total. The fourth-order valence-electron chi connectivity index (χ4n) is 3.71. The van der Waals surface area contributed by atoms with Gasteiger partial charge in [-0.25, -0.2) is 0 Å². The SMILES string of the molecule is CCOc1cc(/C=C\c2cc(OC)c(OC)c(OC)c2)c(N/C=C\C(=O)c2ccccc2N=O)cc1OC. The van der Waals surface area contributed by atoms with Crippen LogP contribution in [0.5, 0.6) is 28.7 Å². The van der Waals surface area contributed by atoms with E-state index in [-0.39, 0.29) is 17.0 Å². The van der Waals surface area contributed by atoms with E-state index in [1.807, 2.05) is 37.3 Å². The molecule has 38 heavy (non-hydrogen) atoms. The summed E-state index contributed by atoms with van der Waals surface area (Å²) in [6.45, 7) is 2.34. The van der Waals surface area contributed by atoms with E-state index in [0.29, 0.717) is 41.0 Å². The fraction of sp³-hybridized carbons (Fsp3) is 0.207. The molecule has 9 nitrogen and oxygen atoms in total. The Balaban J connectivity index is 1.97. The Morgan fingerprint density at radius 2 is 1.55 bits per heavy atom. The number of nitrogens with zero attached hydrogens (tertiary/aromatic N) is 1. The first kappa shape index (κ1) is 27.8. The van der Waals surface area contributed by atoms with E-state index in [1.165, 1.54) is 18.3 Å². The molecule has 0 atom stereocenters. The molecule has 3 aromatic rings. The van der Waals surface area contributed by atoms with Crippen molar-refractivity contribution in [1.82, 2.24) is 0 Å². The minimum absolute atomic E-state index is 0.0823. The average Bonchev–Trinajstić information content (AvgIpc) is 2.95. The molecule has 3 aromatic carbocycles. The Kier molecular flexibility index (Phi) is 9.87. The van der Waals surface area contributed by atoms with E-state index in [1.54, 1.807) is 52.7 Å². The van der Waals surface area contributed by atoms with Crippen LogP contribution >= 0.6 is 0 Å². The number of ether oxygens (including phenoxy) is 5. The molecule has 0 aliphatic rings. The molecule has 0 bridgehead atoms. The Morgan fingerprint density at radius 3 is 2.16 bits per heavy atom. The second kappa shape index (κ2) is 13.5. The van der Waals surface area contributed by atoms with Crippen LogP contribution in [0, 0.1) is 4.91 Å². The number of anilines is 1. The van der Waals surface area contributed by atoms with E-state index in [9.17, 15) is 9.70 Å². The maximum Gasteiger partial charge on any atom is 0.203 e. The number of nitrogens with one attached hydrogen (secondary N) is 1. The van der Waals surface area contributed by atoms with Gasteiger partial charge in [0.15, 0.2) is 28.8 Å². The van der Waals surface area contributed by atoms with Gasteiger partial charge < -0.3 is 29.0 Å². The van der Waals surface area contributed by atoms with Gasteiger partial charge in [0.2, 0.25) is 5.75 Å². The zero-order valence-corrected chi connectivity index (χ0v) is 21.9. The van der Waals surface area contributed by atoms with Crippen molar-refractivity contribution < 1.29 is 28.5 Å². The van der Waals surface area contributed by atoms with Gasteiger partial charge in [0.25, 0.3) is 0 Å². The van der Waals surface area contributed by atoms with Crippen molar-refractivity contribution in [2.75, 3.05) is 40.4 Å². The van der Waals surface area contributed by atoms with Gasteiger partial charge in [-0.1, -0.05) is 24.3 Å². The molecule has 0 aliphatic carbocycles. The summed E-state index contributed by atoms with van der Waals surface area (Å²) >= 11 is 0. The molecule has 0 saturated carbocycles. The van der Waals surface area contributed by atoms with Gasteiger partial charge in [-0.05, 0) is 48.0 Å². The lowest BCUT2D eigenvalue weighted by Gasteiger charge is -2.15. The van der Waals surface area contributed by atoms with Gasteiger partial charge in [0, 0.05) is 29.6 Å². The van der Waals surface area contributed by atoms with Gasteiger partial charge in [0.1, 0.15) is 5.69 Å². The number of carbonyl (C=O) groups excluding carboxylic acids is 1. The van der Waals surface area contributed by atoms with Crippen LogP contribution in [0.4, 0.5) is 11.4 Å². The predicted octanol–water partition coefficient (Wildman–Crippen LogP) is 6.50. The number of ketones is 1. The summed E-state index contributed by atoms with van der Waals surface area (Å²) in [6, 6.07) is 13.6. The van der Waals surface area contributed by atoms with E-state index >= 15 is 0 Å². The first-order valence-corrected chi connectivity index (χ1v) is 11.7. The number of hydrogen-bond donors (Lipinski definition) is 1. The van der Waals surface area contributed by atoms with Crippen molar-refractivity contribution in [3.05, 3.63) is 82.4 Å². The number of benzene rings is 3. The molecule has 198 valence electrons. The third-order valence-corrected chi connectivity index (χ3v) is 5.52. The van der Waals surface area contributed by atoms with Crippen molar-refractivity contribution >= 4 is 29.3 Å². The summed E-state index contributed by atoms with van der Waals surface area (Å²) in [5.41, 5.74) is 2.52. The standard InChI is InChI=1S/C29H30N2O7/c1-6-38-26-17-20(12-11-19-15-27(35-3)29(37-5)28(16-19)36-4)23(18-25(26)34-2)30-14-13-24(32)21-9-7-8-10-22(21)31-33/h7-18,30H,6H2,1-5H3/b12-11-,14-13-. The highest BCUT2D eigenvalue weighted by Crippen LogP contribution is 2.39. The largest absolute Gasteiger partial charge is 0.493 e. The lowest BCUT2D eigenvalue weighted by Crippen LogP contribution is -2.00. The van der Waals surface area contributed by atoms with Crippen molar-refractivity contribution in [3.63, 3.8) is 0 Å². The fourth-order valence-corrected chi connectivity index (χ4v) is 3.71. The van der Waals surface area contributed by atoms with Crippen LogP contribution in [0.1, 0.15) is 28.4 Å². The molecule has 0 aliphatic heterocycles. The lowest BCUT2D eigenvalue weighted by molar-refractivity contribution is 0.104. The zero-order valence-electron chi connectivity index (χ0n) is 21.9. The maximum absolute atomic E-state index is 12.6. The number of hydrogen-bond acceptors (Lipinski definition) is 9. The monoisotopic (exact) mass is 518 g/mol. The summed E-state index contributed by atoms with van der Waals surface area (Å²) in [7, 11) is 6.21. The Bertz CT molecular complexity index is 1320. The van der Waals surface area contributed by atoms with Gasteiger partial charge in [-0.15, -0.1) is 4.91 Å². The molecule has 9 heteroatoms. The summed E-state index contributed by atoms with van der Waals surface area (Å²) < 4.78 is 27.5. The Labute approximate surface area is 221 Å². The molecule has 0 spiro atoms. The van der Waals surface area contributed by atoms with Gasteiger partial charge in [-0.2, -0.15) is 0 Å². The second-order valence-electron chi connectivity index (χ2n) is 7.77. The molecular weight excluding hydrogens is 488 g/mol. The topological polar surface area (TPSA) is 105 Å². The minimum atomic E-state index is -0.361. The van der Waals surface area contributed by atoms with Crippen LogP contribution in [0.2, 0.25) is 0 Å². The summed E-state index contributed by atoms with van der Waals surface area (Å²) in [5, 5.41) is 6.05. The molecule has 0 unspecified atom stereocenters. The summed E-state index contributed by atoms with van der Waals surface area (Å²) in [6.07, 6.45) is 6.59. The summed E-state index contributed by atoms with van der Waals surface area (Å²) in [5.74, 6) is 2.28. The molecular formula is C29H30N2O7. The predicted molar refractivity (Wildman–Crippen MR) is 148 cm³/mol. The van der Waals surface area contributed by atoms with Crippen LogP contribution in [0.3, 0.4) is 0 Å². The molecule has 0 aromatic heterocycles. The number of allylic oxidation sites excluding steroid dienone is 1. The highest BCUT2D eigenvalue weighted by atomic mass is 16.5. The number of methoxy groups -OCH3 is 4. The van der Waals surface area contributed by atoms with Crippen LogP contribution in [-0.2, 0) is 0 Å². The van der Waals surface area contributed by atoms with Gasteiger partial charge in [0.05, 0.1) is 40.6 Å². The zero-order chi connectivity index (χ0) is 27.5. The lowest BCUT2D eigenvalue weighted by atomic mass is 10.1. The van der Waals surface area contributed by atoms with Crippen LogP contribution in [0.15, 0.2) is 66.0 Å². The first-order valence-electron chi connectivity index (χ1n) is 11.7. The maximum atomic E-state index is 12.6. The average molecular weight is 519 g/mol. The van der Waals surface area contributed by atoms with Gasteiger partial charge in [-0.3, -0.25) is 4.79 Å². The van der Waals surface area contributed by atoms with E-state index in [4.69, 9.17) is 23.7 Å². The Morgan fingerprint density at radius 1 is 0.868 bits per heavy atom. The third kappa shape index (κ3) is 6.50. The first-order chi connectivity index (χ1) is 18.5. The normalized spacial score (nSPS) is 10.9. The highest BCUT2D eigenvalue weighted by Gasteiger charge is 2.14. The second-order valence-corrected chi connectivity index (χ2v) is 7.77. The number of nitroso groups, excluding NO2 is 1. The van der Waals surface area contributed by atoms with E-state index < -0.39 is 0 Å². The number of rotatable bonds is 13. The van der Waals surface area contributed by atoms with E-state index in [0.717, 1.165) is 11.1 Å². The van der Waals surface area contributed by atoms with Gasteiger partial charge >= 0.3 is 0 Å². The van der Waals surface area contributed by atoms with Crippen LogP contribution in [0.25, 0.3) is 12.2 Å². The molecule has 0 saturated heterocycles. The summed E-state index contributed by atoms with van der Waals surface area (Å²) in [4.78, 5) is 23.7. The van der Waals surface area contributed by atoms with Crippen molar-refractivity contribution in [2.45, 2.75) is 6.92 Å². The van der Waals surface area contributed by atoms with Crippen molar-refractivity contribution in [1.29, 1.82) is 0 Å². The highest BCUT2D eigenvalue weighted by molar-refractivity contribution is 6.08. The van der Waals surface area contributed by atoms with Crippen molar-refractivity contribution in [2.24, 2.45) is 5.18 Å². The van der Waals surface area contributed by atoms with Crippen molar-refractivity contribution in [3.8, 4) is 28.7 Å². The molecule has 3 rings (SSSR count). The van der Waals surface area contributed by atoms with E-state index in [2.05, 4.69) is 10.5 Å². The van der Waals surface area contributed by atoms with Crippen LogP contribution < -0.4 is 29.0 Å². The molecule has 0 fully saturated rings. The Hall–Kier alpha value is -4.79. The van der Waals surface area contributed by atoms with Crippen LogP contribution in [-0.4, -0.2) is 40.8 Å². The quantitative estimate of drug-likeness (QED) is 0.118. The number of carbonyl (C=O) groups is 1. The molecule has 0 radical (unpaired) electrons. The third-order valence-electron chi connectivity index (χ3n) is 5.52. The molecule has 0 heterocycles.